The van der Waals surface area contributed by atoms with E-state index in [4.69, 9.17) is 6.57 Å². The zero-order valence-electron chi connectivity index (χ0n) is 7.80. The molecule has 2 rings (SSSR count). The van der Waals surface area contributed by atoms with E-state index in [9.17, 15) is 13.2 Å². The van der Waals surface area contributed by atoms with E-state index in [1.165, 1.54) is 0 Å². The van der Waals surface area contributed by atoms with Gasteiger partial charge < -0.3 is 0 Å². The van der Waals surface area contributed by atoms with Gasteiger partial charge in [0, 0.05) is 5.56 Å². The first-order chi connectivity index (χ1) is 7.00. The first-order valence-corrected chi connectivity index (χ1v) is 4.60. The van der Waals surface area contributed by atoms with Gasteiger partial charge in [-0.15, -0.1) is 0 Å². The number of hydrogen-bond donors (Lipinski definition) is 0. The van der Waals surface area contributed by atoms with E-state index < -0.39 is 11.7 Å². The van der Waals surface area contributed by atoms with E-state index in [0.29, 0.717) is 5.56 Å². The normalized spacial score (nSPS) is 16.1. The molecule has 4 heteroatoms. The molecule has 15 heavy (non-hydrogen) atoms. The van der Waals surface area contributed by atoms with E-state index in [1.54, 1.807) is 6.07 Å². The van der Waals surface area contributed by atoms with Crippen LogP contribution in [0.5, 0.6) is 0 Å². The van der Waals surface area contributed by atoms with Crippen LogP contribution in [0.2, 0.25) is 0 Å². The van der Waals surface area contributed by atoms with Gasteiger partial charge in [-0.05, 0) is 30.9 Å². The summed E-state index contributed by atoms with van der Waals surface area (Å²) >= 11 is 0. The van der Waals surface area contributed by atoms with Gasteiger partial charge in [0.05, 0.1) is 6.57 Å². The molecule has 0 aromatic heterocycles. The minimum absolute atomic E-state index is 0.0757. The zero-order valence-corrected chi connectivity index (χ0v) is 7.80. The van der Waals surface area contributed by atoms with E-state index >= 15 is 0 Å². The Hall–Kier alpha value is -1.50. The van der Waals surface area contributed by atoms with Gasteiger partial charge in [-0.3, -0.25) is 0 Å². The molecule has 0 radical (unpaired) electrons. The highest BCUT2D eigenvalue weighted by Crippen LogP contribution is 2.43. The second-order valence-corrected chi connectivity index (χ2v) is 3.70. The van der Waals surface area contributed by atoms with Crippen LogP contribution in [0.4, 0.5) is 18.9 Å². The lowest BCUT2D eigenvalue weighted by Gasteiger charge is -2.09. The van der Waals surface area contributed by atoms with Gasteiger partial charge in [0.15, 0.2) is 5.69 Å². The SMILES string of the molecule is [C-]#[N+]c1cc(C2CC2)cc(C(F)(F)F)c1. The van der Waals surface area contributed by atoms with Crippen LogP contribution in [0.15, 0.2) is 18.2 Å². The number of alkyl halides is 3. The molecule has 0 amide bonds. The Balaban J connectivity index is 2.47. The maximum atomic E-state index is 12.5. The van der Waals surface area contributed by atoms with Crippen molar-refractivity contribution in [3.8, 4) is 0 Å². The molecule has 0 heterocycles. The molecule has 0 aliphatic heterocycles. The fourth-order valence-corrected chi connectivity index (χ4v) is 1.52. The fourth-order valence-electron chi connectivity index (χ4n) is 1.52. The fraction of sp³-hybridized carbons (Fsp3) is 0.364. The topological polar surface area (TPSA) is 4.36 Å². The average Bonchev–Trinajstić information content (AvgIpc) is 2.99. The summed E-state index contributed by atoms with van der Waals surface area (Å²) in [7, 11) is 0. The molecule has 1 aromatic carbocycles. The molecule has 1 nitrogen and oxygen atoms in total. The Labute approximate surface area is 85.3 Å². The van der Waals surface area contributed by atoms with Crippen molar-refractivity contribution in [2.24, 2.45) is 0 Å². The summed E-state index contributed by atoms with van der Waals surface area (Å²) in [5.74, 6) is 0.229. The summed E-state index contributed by atoms with van der Waals surface area (Å²) < 4.78 is 37.4. The maximum absolute atomic E-state index is 12.5. The second kappa shape index (κ2) is 3.27. The molecule has 0 atom stereocenters. The Bertz CT molecular complexity index is 424. The van der Waals surface area contributed by atoms with Gasteiger partial charge >= 0.3 is 6.18 Å². The molecule has 0 unspecified atom stereocenters. The van der Waals surface area contributed by atoms with Crippen molar-refractivity contribution in [3.05, 3.63) is 40.7 Å². The Morgan fingerprint density at radius 3 is 2.33 bits per heavy atom. The number of nitrogens with zero attached hydrogens (tertiary/aromatic N) is 1. The molecule has 1 aliphatic carbocycles. The highest BCUT2D eigenvalue weighted by atomic mass is 19.4. The van der Waals surface area contributed by atoms with Gasteiger partial charge in [-0.25, -0.2) is 4.85 Å². The van der Waals surface area contributed by atoms with E-state index in [0.717, 1.165) is 25.0 Å². The first kappa shape index (κ1) is 10.0. The monoisotopic (exact) mass is 211 g/mol. The van der Waals surface area contributed by atoms with Crippen molar-refractivity contribution in [3.63, 3.8) is 0 Å². The van der Waals surface area contributed by atoms with Gasteiger partial charge in [0.2, 0.25) is 0 Å². The molecule has 0 spiro atoms. The third kappa shape index (κ3) is 2.12. The number of hydrogen-bond acceptors (Lipinski definition) is 0. The van der Waals surface area contributed by atoms with Crippen molar-refractivity contribution in [2.45, 2.75) is 24.9 Å². The predicted molar refractivity (Wildman–Crippen MR) is 49.7 cm³/mol. The zero-order chi connectivity index (χ0) is 11.1. The summed E-state index contributed by atoms with van der Waals surface area (Å²) in [6, 6.07) is 3.62. The van der Waals surface area contributed by atoms with Crippen LogP contribution in [0.25, 0.3) is 4.85 Å². The number of rotatable bonds is 1. The van der Waals surface area contributed by atoms with Crippen LogP contribution in [-0.2, 0) is 6.18 Å². The molecule has 0 bridgehead atoms. The minimum Gasteiger partial charge on any atom is -0.238 e. The number of halogens is 3. The van der Waals surface area contributed by atoms with Gasteiger partial charge in [-0.1, -0.05) is 11.6 Å². The molecular formula is C11H8F3N. The van der Waals surface area contributed by atoms with Gasteiger partial charge in [-0.2, -0.15) is 13.2 Å². The van der Waals surface area contributed by atoms with E-state index in [1.807, 2.05) is 0 Å². The van der Waals surface area contributed by atoms with Crippen molar-refractivity contribution in [1.29, 1.82) is 0 Å². The molecule has 78 valence electrons. The largest absolute Gasteiger partial charge is 0.415 e. The second-order valence-electron chi connectivity index (χ2n) is 3.70. The van der Waals surface area contributed by atoms with Crippen molar-refractivity contribution >= 4 is 5.69 Å². The van der Waals surface area contributed by atoms with Gasteiger partial charge in [0.1, 0.15) is 0 Å². The Morgan fingerprint density at radius 2 is 1.87 bits per heavy atom. The first-order valence-electron chi connectivity index (χ1n) is 4.60. The van der Waals surface area contributed by atoms with Crippen molar-refractivity contribution in [1.82, 2.24) is 0 Å². The Morgan fingerprint density at radius 1 is 1.20 bits per heavy atom. The molecule has 1 saturated carbocycles. The predicted octanol–water partition coefficient (Wildman–Crippen LogP) is 4.13. The highest BCUT2D eigenvalue weighted by Gasteiger charge is 2.33. The van der Waals surface area contributed by atoms with Crippen LogP contribution >= 0.6 is 0 Å². The van der Waals surface area contributed by atoms with E-state index in [2.05, 4.69) is 4.85 Å². The molecular weight excluding hydrogens is 203 g/mol. The van der Waals surface area contributed by atoms with Crippen LogP contribution in [0.1, 0.15) is 29.9 Å². The van der Waals surface area contributed by atoms with Crippen LogP contribution < -0.4 is 0 Å². The highest BCUT2D eigenvalue weighted by molar-refractivity contribution is 5.51. The number of benzene rings is 1. The summed E-state index contributed by atoms with van der Waals surface area (Å²) in [5, 5.41) is 0. The molecule has 0 N–H and O–H groups in total. The summed E-state index contributed by atoms with van der Waals surface area (Å²) in [5.41, 5.74) is 0.0143. The third-order valence-electron chi connectivity index (χ3n) is 2.45. The smallest absolute Gasteiger partial charge is 0.238 e. The lowest BCUT2D eigenvalue weighted by molar-refractivity contribution is -0.137. The Kier molecular flexibility index (Phi) is 2.18. The van der Waals surface area contributed by atoms with Crippen molar-refractivity contribution in [2.75, 3.05) is 0 Å². The molecule has 1 aliphatic rings. The third-order valence-corrected chi connectivity index (χ3v) is 2.45. The quantitative estimate of drug-likeness (QED) is 0.615. The lowest BCUT2D eigenvalue weighted by Crippen LogP contribution is -2.05. The summed E-state index contributed by atoms with van der Waals surface area (Å²) in [4.78, 5) is 3.07. The summed E-state index contributed by atoms with van der Waals surface area (Å²) in [6.07, 6.45) is -2.50. The minimum atomic E-state index is -4.36. The van der Waals surface area contributed by atoms with Crippen LogP contribution in [0, 0.1) is 6.57 Å². The molecule has 0 saturated heterocycles. The standard InChI is InChI=1S/C11H8F3N/c1-15-10-5-8(7-2-3-7)4-9(6-10)11(12,13)14/h4-7H,2-3H2. The molecule has 1 fully saturated rings. The average molecular weight is 211 g/mol. The maximum Gasteiger partial charge on any atom is 0.415 e. The van der Waals surface area contributed by atoms with Gasteiger partial charge in [0.25, 0.3) is 0 Å². The lowest BCUT2D eigenvalue weighted by atomic mass is 10.1. The molecule has 1 aromatic rings. The van der Waals surface area contributed by atoms with E-state index in [-0.39, 0.29) is 11.6 Å². The summed E-state index contributed by atoms with van der Waals surface area (Å²) in [6.45, 7) is 6.76. The van der Waals surface area contributed by atoms with Crippen LogP contribution in [0.3, 0.4) is 0 Å². The van der Waals surface area contributed by atoms with Crippen molar-refractivity contribution < 1.29 is 13.2 Å². The van der Waals surface area contributed by atoms with Crippen LogP contribution in [-0.4, -0.2) is 0 Å².